The van der Waals surface area contributed by atoms with Crippen LogP contribution < -0.4 is 10.1 Å². The maximum Gasteiger partial charge on any atom is 0.234 e. The number of nitrogens with zero attached hydrogens (tertiary/aromatic N) is 4. The first-order chi connectivity index (χ1) is 13.1. The number of benzene rings is 1. The minimum atomic E-state index is -0.186. The second-order valence-electron chi connectivity index (χ2n) is 5.66. The van der Waals surface area contributed by atoms with Crippen LogP contribution in [0.3, 0.4) is 0 Å². The molecule has 2 aromatic heterocycles. The highest BCUT2D eigenvalue weighted by Crippen LogP contribution is 2.21. The molecule has 2 heterocycles. The topological polar surface area (TPSA) is 81.9 Å². The number of carbonyl (C=O) groups is 1. The lowest BCUT2D eigenvalue weighted by molar-refractivity contribution is -0.113. The van der Waals surface area contributed by atoms with Crippen LogP contribution in [0.25, 0.3) is 0 Å². The van der Waals surface area contributed by atoms with Crippen molar-refractivity contribution in [3.63, 3.8) is 0 Å². The van der Waals surface area contributed by atoms with Crippen LogP contribution >= 0.6 is 23.4 Å². The maximum absolute atomic E-state index is 12.1. The molecule has 0 aliphatic heterocycles. The third-order valence-corrected chi connectivity index (χ3v) is 5.13. The smallest absolute Gasteiger partial charge is 0.234 e. The van der Waals surface area contributed by atoms with Gasteiger partial charge < -0.3 is 14.6 Å². The van der Waals surface area contributed by atoms with Crippen molar-refractivity contribution in [2.45, 2.75) is 11.6 Å². The van der Waals surface area contributed by atoms with E-state index in [1.54, 1.807) is 25.4 Å². The number of carbonyl (C=O) groups excluding carboxylic acids is 1. The van der Waals surface area contributed by atoms with E-state index in [0.29, 0.717) is 17.3 Å². The Morgan fingerprint density at radius 1 is 1.26 bits per heavy atom. The largest absolute Gasteiger partial charge is 0.497 e. The molecule has 1 aromatic carbocycles. The molecule has 0 bridgehead atoms. The van der Waals surface area contributed by atoms with Gasteiger partial charge in [-0.25, -0.2) is 4.98 Å². The van der Waals surface area contributed by atoms with Crippen molar-refractivity contribution in [3.8, 4) is 5.75 Å². The van der Waals surface area contributed by atoms with E-state index in [0.717, 1.165) is 17.1 Å². The number of rotatable bonds is 7. The number of nitrogens with one attached hydrogen (secondary N) is 1. The van der Waals surface area contributed by atoms with E-state index in [9.17, 15) is 4.79 Å². The summed E-state index contributed by atoms with van der Waals surface area (Å²) in [4.78, 5) is 16.0. The summed E-state index contributed by atoms with van der Waals surface area (Å²) in [6.07, 6.45) is 2.21. The van der Waals surface area contributed by atoms with Crippen molar-refractivity contribution < 1.29 is 9.53 Å². The highest BCUT2D eigenvalue weighted by molar-refractivity contribution is 7.99. The first-order valence-electron chi connectivity index (χ1n) is 8.11. The molecule has 1 N–H and O–H groups in total. The molecule has 1 amide bonds. The fourth-order valence-electron chi connectivity index (χ4n) is 2.35. The minimum Gasteiger partial charge on any atom is -0.497 e. The van der Waals surface area contributed by atoms with E-state index in [2.05, 4.69) is 20.5 Å². The Labute approximate surface area is 166 Å². The van der Waals surface area contributed by atoms with Crippen molar-refractivity contribution in [1.82, 2.24) is 19.7 Å². The summed E-state index contributed by atoms with van der Waals surface area (Å²) >= 11 is 7.25. The standard InChI is InChI=1S/C18H18ClN5O2S/c1-24-15(10-12-5-7-13(26-2)8-6-12)22-23-18(24)27-11-16(25)21-14-4-3-9-20-17(14)19/h3-9H,10-11H2,1-2H3,(H,21,25). The molecular weight excluding hydrogens is 386 g/mol. The molecule has 9 heteroatoms. The number of hydrogen-bond acceptors (Lipinski definition) is 6. The number of thioether (sulfide) groups is 1. The third kappa shape index (κ3) is 4.99. The van der Waals surface area contributed by atoms with Gasteiger partial charge in [0.15, 0.2) is 10.3 Å². The van der Waals surface area contributed by atoms with Gasteiger partial charge in [-0.05, 0) is 29.8 Å². The SMILES string of the molecule is COc1ccc(Cc2nnc(SCC(=O)Nc3cccnc3Cl)n2C)cc1. The Kier molecular flexibility index (Phi) is 6.31. The van der Waals surface area contributed by atoms with Gasteiger partial charge in [-0.15, -0.1) is 10.2 Å². The van der Waals surface area contributed by atoms with Gasteiger partial charge in [-0.2, -0.15) is 0 Å². The molecule has 140 valence electrons. The third-order valence-electron chi connectivity index (χ3n) is 3.81. The zero-order chi connectivity index (χ0) is 19.2. The summed E-state index contributed by atoms with van der Waals surface area (Å²) in [5, 5.41) is 12.1. The molecule has 0 unspecified atom stereocenters. The summed E-state index contributed by atoms with van der Waals surface area (Å²) in [6.45, 7) is 0. The number of amides is 1. The maximum atomic E-state index is 12.1. The van der Waals surface area contributed by atoms with Gasteiger partial charge in [0.25, 0.3) is 0 Å². The molecule has 0 radical (unpaired) electrons. The Morgan fingerprint density at radius 3 is 2.74 bits per heavy atom. The lowest BCUT2D eigenvalue weighted by Crippen LogP contribution is -2.15. The van der Waals surface area contributed by atoms with Crippen LogP contribution in [-0.4, -0.2) is 38.5 Å². The van der Waals surface area contributed by atoms with Crippen LogP contribution in [-0.2, 0) is 18.3 Å². The summed E-state index contributed by atoms with van der Waals surface area (Å²) < 4.78 is 7.05. The van der Waals surface area contributed by atoms with Gasteiger partial charge in [0.05, 0.1) is 18.6 Å². The van der Waals surface area contributed by atoms with Gasteiger partial charge in [-0.1, -0.05) is 35.5 Å². The van der Waals surface area contributed by atoms with E-state index in [1.165, 1.54) is 11.8 Å². The molecule has 0 spiro atoms. The fraction of sp³-hybridized carbons (Fsp3) is 0.222. The molecule has 0 aliphatic carbocycles. The van der Waals surface area contributed by atoms with Gasteiger partial charge in [0.1, 0.15) is 11.6 Å². The number of ether oxygens (including phenoxy) is 1. The Morgan fingerprint density at radius 2 is 2.04 bits per heavy atom. The second-order valence-corrected chi connectivity index (χ2v) is 6.96. The molecule has 0 fully saturated rings. The Hall–Kier alpha value is -2.58. The fourth-order valence-corrected chi connectivity index (χ4v) is 3.24. The zero-order valence-electron chi connectivity index (χ0n) is 14.8. The molecule has 7 nitrogen and oxygen atoms in total. The van der Waals surface area contributed by atoms with Crippen molar-refractivity contribution in [1.29, 1.82) is 0 Å². The van der Waals surface area contributed by atoms with E-state index in [1.807, 2.05) is 35.9 Å². The molecule has 3 aromatic rings. The average molecular weight is 404 g/mol. The summed E-state index contributed by atoms with van der Waals surface area (Å²) in [6, 6.07) is 11.2. The molecule has 27 heavy (non-hydrogen) atoms. The number of methoxy groups -OCH3 is 1. The first kappa shape index (κ1) is 19.2. The molecule has 0 aliphatic rings. The van der Waals surface area contributed by atoms with Gasteiger partial charge in [0, 0.05) is 19.7 Å². The lowest BCUT2D eigenvalue weighted by atomic mass is 10.1. The molecular formula is C18H18ClN5O2S. The number of hydrogen-bond donors (Lipinski definition) is 1. The summed E-state index contributed by atoms with van der Waals surface area (Å²) in [5.74, 6) is 1.64. The molecule has 0 saturated heterocycles. The van der Waals surface area contributed by atoms with Crippen LogP contribution in [0.1, 0.15) is 11.4 Å². The lowest BCUT2D eigenvalue weighted by Gasteiger charge is -2.07. The van der Waals surface area contributed by atoms with Gasteiger partial charge in [-0.3, -0.25) is 4.79 Å². The average Bonchev–Trinajstić information content (AvgIpc) is 3.02. The zero-order valence-corrected chi connectivity index (χ0v) is 16.4. The van der Waals surface area contributed by atoms with E-state index >= 15 is 0 Å². The van der Waals surface area contributed by atoms with Crippen molar-refractivity contribution >= 4 is 35.0 Å². The monoisotopic (exact) mass is 403 g/mol. The highest BCUT2D eigenvalue weighted by atomic mass is 35.5. The van der Waals surface area contributed by atoms with Crippen molar-refractivity contribution in [3.05, 3.63) is 59.1 Å². The quantitative estimate of drug-likeness (QED) is 0.482. The number of anilines is 1. The van der Waals surface area contributed by atoms with Crippen LogP contribution in [0.4, 0.5) is 5.69 Å². The molecule has 0 saturated carbocycles. The Bertz CT molecular complexity index is 930. The number of pyridine rings is 1. The van der Waals surface area contributed by atoms with Crippen molar-refractivity contribution in [2.24, 2.45) is 7.05 Å². The minimum absolute atomic E-state index is 0.186. The van der Waals surface area contributed by atoms with Crippen molar-refractivity contribution in [2.75, 3.05) is 18.2 Å². The normalized spacial score (nSPS) is 10.6. The molecule has 3 rings (SSSR count). The van der Waals surface area contributed by atoms with Crippen LogP contribution in [0.5, 0.6) is 5.75 Å². The van der Waals surface area contributed by atoms with E-state index in [-0.39, 0.29) is 16.8 Å². The number of halogens is 1. The summed E-state index contributed by atoms with van der Waals surface area (Å²) in [5.41, 5.74) is 1.59. The van der Waals surface area contributed by atoms with Crippen LogP contribution in [0, 0.1) is 0 Å². The predicted octanol–water partition coefficient (Wildman–Crippen LogP) is 3.19. The molecule has 0 atom stereocenters. The highest BCUT2D eigenvalue weighted by Gasteiger charge is 2.13. The van der Waals surface area contributed by atoms with E-state index in [4.69, 9.17) is 16.3 Å². The van der Waals surface area contributed by atoms with Crippen LogP contribution in [0.2, 0.25) is 5.15 Å². The number of aromatic nitrogens is 4. The van der Waals surface area contributed by atoms with Gasteiger partial charge >= 0.3 is 0 Å². The van der Waals surface area contributed by atoms with Crippen LogP contribution in [0.15, 0.2) is 47.8 Å². The predicted molar refractivity (Wildman–Crippen MR) is 105 cm³/mol. The van der Waals surface area contributed by atoms with E-state index < -0.39 is 0 Å². The second kappa shape index (κ2) is 8.88. The van der Waals surface area contributed by atoms with Gasteiger partial charge in [0.2, 0.25) is 5.91 Å². The Balaban J connectivity index is 1.58. The first-order valence-corrected chi connectivity index (χ1v) is 9.47. The summed E-state index contributed by atoms with van der Waals surface area (Å²) in [7, 11) is 3.52.